The summed E-state index contributed by atoms with van der Waals surface area (Å²) in [6, 6.07) is 2.01. The normalized spacial score (nSPS) is 13.1. The number of Topliss-reactive ketones (excluding diaryl/α,β-unsaturated/α-hetero) is 1. The molecule has 0 aromatic heterocycles. The average Bonchev–Trinajstić information content (AvgIpc) is 2.59. The molecular weight excluding hydrogens is 468 g/mol. The number of carbonyl (C=O) groups is 2. The van der Waals surface area contributed by atoms with E-state index in [1.54, 1.807) is 29.5 Å². The SMILES string of the molecule is CCOC(=O)/C(=C\N[C@H](CO)C(C)(C)C)C(=O)c1cc(I)c(F)cc1OC. The zero-order valence-corrected chi connectivity index (χ0v) is 18.2. The molecule has 0 heterocycles. The van der Waals surface area contributed by atoms with E-state index in [2.05, 4.69) is 5.32 Å². The Morgan fingerprint density at radius 2 is 2.00 bits per heavy atom. The summed E-state index contributed by atoms with van der Waals surface area (Å²) in [7, 11) is 1.31. The average molecular weight is 493 g/mol. The van der Waals surface area contributed by atoms with Crippen LogP contribution in [-0.2, 0) is 9.53 Å². The third kappa shape index (κ3) is 6.17. The molecule has 0 unspecified atom stereocenters. The number of ether oxygens (including phenoxy) is 2. The molecule has 0 bridgehead atoms. The van der Waals surface area contributed by atoms with Gasteiger partial charge in [-0.1, -0.05) is 20.8 Å². The minimum atomic E-state index is -0.818. The van der Waals surface area contributed by atoms with Gasteiger partial charge in [-0.3, -0.25) is 4.79 Å². The second-order valence-corrected chi connectivity index (χ2v) is 8.00. The van der Waals surface area contributed by atoms with Crippen molar-refractivity contribution in [1.29, 1.82) is 0 Å². The van der Waals surface area contributed by atoms with Gasteiger partial charge in [0.15, 0.2) is 0 Å². The largest absolute Gasteiger partial charge is 0.496 e. The number of methoxy groups -OCH3 is 1. The van der Waals surface area contributed by atoms with Crippen molar-refractivity contribution in [3.05, 3.63) is 38.9 Å². The second-order valence-electron chi connectivity index (χ2n) is 6.84. The number of rotatable bonds is 8. The van der Waals surface area contributed by atoms with Crippen molar-refractivity contribution in [3.8, 4) is 5.75 Å². The maximum absolute atomic E-state index is 13.8. The van der Waals surface area contributed by atoms with Crippen LogP contribution < -0.4 is 10.1 Å². The second kappa shape index (κ2) is 10.0. The highest BCUT2D eigenvalue weighted by atomic mass is 127. The van der Waals surface area contributed by atoms with Crippen molar-refractivity contribution >= 4 is 34.3 Å². The van der Waals surface area contributed by atoms with Crippen molar-refractivity contribution in [2.24, 2.45) is 5.41 Å². The Bertz CT molecular complexity index is 728. The first kappa shape index (κ1) is 23.4. The van der Waals surface area contributed by atoms with Gasteiger partial charge >= 0.3 is 5.97 Å². The lowest BCUT2D eigenvalue weighted by Gasteiger charge is -2.29. The number of ketones is 1. The van der Waals surface area contributed by atoms with E-state index >= 15 is 0 Å². The maximum atomic E-state index is 13.8. The van der Waals surface area contributed by atoms with Crippen LogP contribution in [0.4, 0.5) is 4.39 Å². The predicted molar refractivity (Wildman–Crippen MR) is 108 cm³/mol. The zero-order chi connectivity index (χ0) is 20.8. The number of halogens is 2. The summed E-state index contributed by atoms with van der Waals surface area (Å²) in [5.74, 6) is -2.00. The van der Waals surface area contributed by atoms with E-state index in [-0.39, 0.29) is 39.1 Å². The van der Waals surface area contributed by atoms with E-state index in [0.29, 0.717) is 0 Å². The maximum Gasteiger partial charge on any atom is 0.343 e. The number of carbonyl (C=O) groups excluding carboxylic acids is 2. The Labute approximate surface area is 172 Å². The lowest BCUT2D eigenvalue weighted by molar-refractivity contribution is -0.138. The van der Waals surface area contributed by atoms with Gasteiger partial charge in [0.25, 0.3) is 0 Å². The van der Waals surface area contributed by atoms with Crippen LogP contribution in [0.2, 0.25) is 0 Å². The van der Waals surface area contributed by atoms with Crippen molar-refractivity contribution in [2.45, 2.75) is 33.7 Å². The molecule has 0 fully saturated rings. The highest BCUT2D eigenvalue weighted by Gasteiger charge is 2.27. The molecule has 0 spiro atoms. The summed E-state index contributed by atoms with van der Waals surface area (Å²) in [5, 5.41) is 12.5. The van der Waals surface area contributed by atoms with E-state index in [1.807, 2.05) is 20.8 Å². The molecule has 0 radical (unpaired) electrons. The van der Waals surface area contributed by atoms with Crippen LogP contribution in [0.15, 0.2) is 23.9 Å². The van der Waals surface area contributed by atoms with Crippen LogP contribution >= 0.6 is 22.6 Å². The van der Waals surface area contributed by atoms with E-state index in [9.17, 15) is 19.1 Å². The third-order valence-electron chi connectivity index (χ3n) is 3.88. The van der Waals surface area contributed by atoms with Gasteiger partial charge in [-0.15, -0.1) is 0 Å². The van der Waals surface area contributed by atoms with Gasteiger partial charge in [-0.25, -0.2) is 9.18 Å². The standard InChI is InChI=1S/C19H25FINO5/c1-6-27-18(25)12(9-22-16(10-23)19(2,3)4)17(24)11-7-14(21)13(20)8-15(11)26-5/h7-9,16,22-23H,6,10H2,1-5H3/b12-9-/t16-/m1/s1. The number of hydrogen-bond donors (Lipinski definition) is 2. The molecule has 150 valence electrons. The monoisotopic (exact) mass is 493 g/mol. The van der Waals surface area contributed by atoms with Crippen LogP contribution in [0.3, 0.4) is 0 Å². The molecule has 0 aliphatic heterocycles. The van der Waals surface area contributed by atoms with Gasteiger partial charge in [0.05, 0.1) is 31.9 Å². The van der Waals surface area contributed by atoms with E-state index in [0.717, 1.165) is 6.07 Å². The molecule has 27 heavy (non-hydrogen) atoms. The predicted octanol–water partition coefficient (Wildman–Crippen LogP) is 3.07. The van der Waals surface area contributed by atoms with Crippen molar-refractivity contribution in [1.82, 2.24) is 5.32 Å². The number of aliphatic hydroxyl groups is 1. The van der Waals surface area contributed by atoms with Gasteiger partial charge in [-0.05, 0) is 41.0 Å². The first-order chi connectivity index (χ1) is 12.6. The fourth-order valence-electron chi connectivity index (χ4n) is 2.21. The highest BCUT2D eigenvalue weighted by Crippen LogP contribution is 2.27. The van der Waals surface area contributed by atoms with Gasteiger partial charge in [-0.2, -0.15) is 0 Å². The summed E-state index contributed by atoms with van der Waals surface area (Å²) in [4.78, 5) is 25.3. The first-order valence-corrected chi connectivity index (χ1v) is 9.46. The number of nitrogens with one attached hydrogen (secondary N) is 1. The molecule has 1 rings (SSSR count). The Kier molecular flexibility index (Phi) is 8.67. The quantitative estimate of drug-likeness (QED) is 0.145. The molecule has 8 heteroatoms. The molecule has 0 aliphatic carbocycles. The van der Waals surface area contributed by atoms with Gasteiger partial charge in [0.1, 0.15) is 17.1 Å². The Hall–Kier alpha value is -1.68. The van der Waals surface area contributed by atoms with E-state index in [4.69, 9.17) is 9.47 Å². The summed E-state index contributed by atoms with van der Waals surface area (Å²) < 4.78 is 24.1. The smallest absolute Gasteiger partial charge is 0.343 e. The molecule has 0 amide bonds. The van der Waals surface area contributed by atoms with Crippen molar-refractivity contribution in [3.63, 3.8) is 0 Å². The summed E-state index contributed by atoms with van der Waals surface area (Å²) in [6.45, 7) is 7.25. The zero-order valence-electron chi connectivity index (χ0n) is 16.1. The van der Waals surface area contributed by atoms with Gasteiger partial charge in [0.2, 0.25) is 5.78 Å². The topological polar surface area (TPSA) is 84.9 Å². The lowest BCUT2D eigenvalue weighted by atomic mass is 9.87. The molecule has 2 N–H and O–H groups in total. The molecule has 1 aromatic rings. The molecule has 1 atom stereocenters. The highest BCUT2D eigenvalue weighted by molar-refractivity contribution is 14.1. The molecule has 1 aromatic carbocycles. The van der Waals surface area contributed by atoms with Gasteiger partial charge in [0, 0.05) is 15.8 Å². The fourth-order valence-corrected chi connectivity index (χ4v) is 2.67. The third-order valence-corrected chi connectivity index (χ3v) is 4.71. The fraction of sp³-hybridized carbons (Fsp3) is 0.474. The molecule has 6 nitrogen and oxygen atoms in total. The molecule has 0 saturated carbocycles. The van der Waals surface area contributed by atoms with Crippen LogP contribution in [0.1, 0.15) is 38.1 Å². The Morgan fingerprint density at radius 3 is 2.48 bits per heavy atom. The lowest BCUT2D eigenvalue weighted by Crippen LogP contribution is -2.41. The summed E-state index contributed by atoms with van der Waals surface area (Å²) in [5.41, 5.74) is -0.544. The van der Waals surface area contributed by atoms with E-state index < -0.39 is 23.6 Å². The summed E-state index contributed by atoms with van der Waals surface area (Å²) >= 11 is 1.76. The summed E-state index contributed by atoms with van der Waals surface area (Å²) in [6.07, 6.45) is 1.24. The van der Waals surface area contributed by atoms with Crippen LogP contribution in [0.5, 0.6) is 5.75 Å². The minimum Gasteiger partial charge on any atom is -0.496 e. The van der Waals surface area contributed by atoms with Crippen molar-refractivity contribution < 1.29 is 28.6 Å². The molecule has 0 saturated heterocycles. The van der Waals surface area contributed by atoms with Crippen LogP contribution in [0, 0.1) is 14.8 Å². The Balaban J connectivity index is 3.36. The van der Waals surface area contributed by atoms with Crippen molar-refractivity contribution in [2.75, 3.05) is 20.3 Å². The van der Waals surface area contributed by atoms with Crippen LogP contribution in [-0.4, -0.2) is 43.2 Å². The number of esters is 1. The number of aliphatic hydroxyl groups excluding tert-OH is 1. The Morgan fingerprint density at radius 1 is 1.37 bits per heavy atom. The number of hydrogen-bond acceptors (Lipinski definition) is 6. The van der Waals surface area contributed by atoms with Gasteiger partial charge < -0.3 is 19.9 Å². The first-order valence-electron chi connectivity index (χ1n) is 8.38. The molecular formula is C19H25FINO5. The minimum absolute atomic E-state index is 0.0163. The van der Waals surface area contributed by atoms with Crippen LogP contribution in [0.25, 0.3) is 0 Å². The van der Waals surface area contributed by atoms with E-state index in [1.165, 1.54) is 19.4 Å². The number of benzene rings is 1. The molecule has 0 aliphatic rings.